The molecule has 0 saturated heterocycles. The third-order valence-corrected chi connectivity index (χ3v) is 4.82. The topological polar surface area (TPSA) is 67.9 Å². The number of amides is 2. The summed E-state index contributed by atoms with van der Waals surface area (Å²) in [4.78, 5) is 27.7. The molecule has 0 unspecified atom stereocenters. The van der Waals surface area contributed by atoms with Gasteiger partial charge in [-0.2, -0.15) is 0 Å². The highest BCUT2D eigenvalue weighted by molar-refractivity contribution is 6.46. The number of imide groups is 1. The summed E-state index contributed by atoms with van der Waals surface area (Å²) in [5.74, 6) is -1.09. The van der Waals surface area contributed by atoms with Gasteiger partial charge in [0.25, 0.3) is 11.8 Å². The molecule has 0 atom stereocenters. The van der Waals surface area contributed by atoms with Crippen LogP contribution < -0.4 is 19.7 Å². The van der Waals surface area contributed by atoms with Crippen LogP contribution in [0.25, 0.3) is 5.57 Å². The van der Waals surface area contributed by atoms with Crippen LogP contribution >= 0.6 is 0 Å². The van der Waals surface area contributed by atoms with Crippen molar-refractivity contribution in [1.82, 2.24) is 0 Å². The van der Waals surface area contributed by atoms with Crippen LogP contribution in [0.2, 0.25) is 0 Å². The SMILES string of the molecule is COc1cccc(N2C(=O)C(Nc3ccc(OC(F)(F)F)cc3)=C(c3ccccc3)C2=O)c1. The van der Waals surface area contributed by atoms with Crippen molar-refractivity contribution in [2.75, 3.05) is 17.3 Å². The van der Waals surface area contributed by atoms with Crippen molar-refractivity contribution in [3.63, 3.8) is 0 Å². The minimum atomic E-state index is -4.82. The van der Waals surface area contributed by atoms with Gasteiger partial charge in [-0.25, -0.2) is 4.90 Å². The average Bonchev–Trinajstić information content (AvgIpc) is 3.04. The fourth-order valence-electron chi connectivity index (χ4n) is 3.39. The predicted molar refractivity (Wildman–Crippen MR) is 116 cm³/mol. The lowest BCUT2D eigenvalue weighted by Gasteiger charge is -2.16. The van der Waals surface area contributed by atoms with Crippen molar-refractivity contribution in [3.8, 4) is 11.5 Å². The van der Waals surface area contributed by atoms with E-state index in [1.807, 2.05) is 0 Å². The molecule has 1 N–H and O–H groups in total. The lowest BCUT2D eigenvalue weighted by atomic mass is 10.0. The van der Waals surface area contributed by atoms with E-state index in [-0.39, 0.29) is 11.3 Å². The Kier molecular flexibility index (Phi) is 5.78. The van der Waals surface area contributed by atoms with Gasteiger partial charge < -0.3 is 14.8 Å². The molecule has 0 bridgehead atoms. The number of hydrogen-bond acceptors (Lipinski definition) is 5. The summed E-state index contributed by atoms with van der Waals surface area (Å²) in [5, 5.41) is 2.89. The number of nitrogens with one attached hydrogen (secondary N) is 1. The summed E-state index contributed by atoms with van der Waals surface area (Å²) in [6.07, 6.45) is -4.82. The first-order valence-electron chi connectivity index (χ1n) is 9.72. The van der Waals surface area contributed by atoms with Crippen molar-refractivity contribution in [3.05, 3.63) is 90.1 Å². The van der Waals surface area contributed by atoms with E-state index in [9.17, 15) is 22.8 Å². The van der Waals surface area contributed by atoms with E-state index in [2.05, 4.69) is 10.1 Å². The Morgan fingerprint density at radius 1 is 0.818 bits per heavy atom. The van der Waals surface area contributed by atoms with Gasteiger partial charge in [0.2, 0.25) is 0 Å². The number of nitrogens with zero attached hydrogens (tertiary/aromatic N) is 1. The lowest BCUT2D eigenvalue weighted by molar-refractivity contribution is -0.274. The van der Waals surface area contributed by atoms with E-state index in [0.29, 0.717) is 22.7 Å². The second-order valence-electron chi connectivity index (χ2n) is 6.96. The van der Waals surface area contributed by atoms with E-state index < -0.39 is 23.9 Å². The Morgan fingerprint density at radius 3 is 2.15 bits per heavy atom. The number of carbonyl (C=O) groups excluding carboxylic acids is 2. The quantitative estimate of drug-likeness (QED) is 0.532. The maximum Gasteiger partial charge on any atom is 0.573 e. The fourth-order valence-corrected chi connectivity index (χ4v) is 3.39. The molecule has 0 aliphatic carbocycles. The van der Waals surface area contributed by atoms with Crippen molar-refractivity contribution < 1.29 is 32.2 Å². The number of carbonyl (C=O) groups is 2. The Hall–Kier alpha value is -4.27. The standard InChI is InChI=1S/C24H17F3N2O4/c1-32-19-9-5-8-17(14-19)29-22(30)20(15-6-3-2-4-7-15)21(23(29)31)28-16-10-12-18(13-11-16)33-24(25,26)27/h2-14,28H,1H3. The van der Waals surface area contributed by atoms with E-state index in [0.717, 1.165) is 17.0 Å². The van der Waals surface area contributed by atoms with Crippen LogP contribution in [-0.2, 0) is 9.59 Å². The van der Waals surface area contributed by atoms with Gasteiger partial charge in [-0.3, -0.25) is 9.59 Å². The van der Waals surface area contributed by atoms with E-state index in [1.54, 1.807) is 54.6 Å². The van der Waals surface area contributed by atoms with E-state index in [4.69, 9.17) is 4.74 Å². The molecule has 0 fully saturated rings. The molecule has 0 spiro atoms. The number of anilines is 2. The Labute approximate surface area is 186 Å². The molecule has 6 nitrogen and oxygen atoms in total. The van der Waals surface area contributed by atoms with E-state index >= 15 is 0 Å². The van der Waals surface area contributed by atoms with Gasteiger partial charge in [0.15, 0.2) is 0 Å². The highest BCUT2D eigenvalue weighted by atomic mass is 19.4. The number of ether oxygens (including phenoxy) is 2. The molecule has 0 radical (unpaired) electrons. The molecular formula is C24H17F3N2O4. The van der Waals surface area contributed by atoms with Crippen LogP contribution in [-0.4, -0.2) is 25.3 Å². The Morgan fingerprint density at radius 2 is 1.52 bits per heavy atom. The van der Waals surface area contributed by atoms with Gasteiger partial charge in [-0.05, 0) is 42.0 Å². The zero-order chi connectivity index (χ0) is 23.6. The summed E-state index contributed by atoms with van der Waals surface area (Å²) in [6, 6.07) is 20.0. The molecular weight excluding hydrogens is 437 g/mol. The summed E-state index contributed by atoms with van der Waals surface area (Å²) in [6.45, 7) is 0. The van der Waals surface area contributed by atoms with Crippen molar-refractivity contribution in [1.29, 1.82) is 0 Å². The fraction of sp³-hybridized carbons (Fsp3) is 0.0833. The number of benzene rings is 3. The first kappa shape index (κ1) is 21.9. The summed E-state index contributed by atoms with van der Waals surface area (Å²) >= 11 is 0. The van der Waals surface area contributed by atoms with E-state index in [1.165, 1.54) is 19.2 Å². The molecule has 0 aromatic heterocycles. The molecule has 1 heterocycles. The normalized spacial score (nSPS) is 14.0. The molecule has 0 saturated carbocycles. The third-order valence-electron chi connectivity index (χ3n) is 4.82. The minimum Gasteiger partial charge on any atom is -0.497 e. The molecule has 3 aromatic carbocycles. The largest absolute Gasteiger partial charge is 0.573 e. The molecule has 1 aliphatic rings. The zero-order valence-corrected chi connectivity index (χ0v) is 17.2. The van der Waals surface area contributed by atoms with Crippen LogP contribution in [0.4, 0.5) is 24.5 Å². The van der Waals surface area contributed by atoms with Crippen molar-refractivity contribution in [2.45, 2.75) is 6.36 Å². The maximum absolute atomic E-state index is 13.3. The van der Waals surface area contributed by atoms with Crippen molar-refractivity contribution >= 4 is 28.8 Å². The molecule has 168 valence electrons. The maximum atomic E-state index is 13.3. The highest BCUT2D eigenvalue weighted by Crippen LogP contribution is 2.35. The highest BCUT2D eigenvalue weighted by Gasteiger charge is 2.40. The smallest absolute Gasteiger partial charge is 0.497 e. The van der Waals surface area contributed by atoms with Crippen LogP contribution in [0, 0.1) is 0 Å². The number of methoxy groups -OCH3 is 1. The van der Waals surface area contributed by atoms with Gasteiger partial charge in [0.05, 0.1) is 18.4 Å². The van der Waals surface area contributed by atoms with Crippen LogP contribution in [0.15, 0.2) is 84.6 Å². The second-order valence-corrected chi connectivity index (χ2v) is 6.96. The van der Waals surface area contributed by atoms with Gasteiger partial charge in [0, 0.05) is 11.8 Å². The average molecular weight is 454 g/mol. The Balaban J connectivity index is 1.71. The van der Waals surface area contributed by atoms with Gasteiger partial charge in [-0.15, -0.1) is 13.2 Å². The molecule has 9 heteroatoms. The molecule has 1 aliphatic heterocycles. The first-order valence-corrected chi connectivity index (χ1v) is 9.72. The molecule has 2 amide bonds. The summed E-state index contributed by atoms with van der Waals surface area (Å²) in [5.41, 5.74) is 1.28. The summed E-state index contributed by atoms with van der Waals surface area (Å²) in [7, 11) is 1.47. The van der Waals surface area contributed by atoms with Crippen LogP contribution in [0.1, 0.15) is 5.56 Å². The second kappa shape index (κ2) is 8.70. The zero-order valence-electron chi connectivity index (χ0n) is 17.2. The number of rotatable bonds is 6. The van der Waals surface area contributed by atoms with Crippen LogP contribution in [0.5, 0.6) is 11.5 Å². The van der Waals surface area contributed by atoms with Gasteiger partial charge in [-0.1, -0.05) is 36.4 Å². The first-order chi connectivity index (χ1) is 15.8. The number of halogens is 3. The predicted octanol–water partition coefficient (Wildman–Crippen LogP) is 4.99. The van der Waals surface area contributed by atoms with Gasteiger partial charge >= 0.3 is 6.36 Å². The lowest BCUT2D eigenvalue weighted by Crippen LogP contribution is -2.32. The van der Waals surface area contributed by atoms with Gasteiger partial charge in [0.1, 0.15) is 17.2 Å². The number of alkyl halides is 3. The molecule has 3 aromatic rings. The minimum absolute atomic E-state index is 0.00138. The van der Waals surface area contributed by atoms with Crippen molar-refractivity contribution in [2.24, 2.45) is 0 Å². The number of hydrogen-bond donors (Lipinski definition) is 1. The third kappa shape index (κ3) is 4.67. The monoisotopic (exact) mass is 454 g/mol. The Bertz CT molecular complexity index is 1220. The molecule has 4 rings (SSSR count). The van der Waals surface area contributed by atoms with Crippen LogP contribution in [0.3, 0.4) is 0 Å². The summed E-state index contributed by atoms with van der Waals surface area (Å²) < 4.78 is 46.3. The molecule has 33 heavy (non-hydrogen) atoms.